The number of ketones is 1. The number of aliphatic carboxylic acids is 3. The molecule has 9 rings (SSSR count). The second-order valence-corrected chi connectivity index (χ2v) is 44.1. The number of hydroxylamine groups is 2. The number of aliphatic hydroxyl groups excluding tert-OH is 1. The average Bonchev–Trinajstić information content (AvgIpc) is 1.62. The predicted octanol–water partition coefficient (Wildman–Crippen LogP) is 9.88. The first kappa shape index (κ1) is 110. The molecule has 5 aromatic rings. The quantitative estimate of drug-likeness (QED) is 0.00567. The van der Waals surface area contributed by atoms with Gasteiger partial charge in [0, 0.05) is 103 Å². The summed E-state index contributed by atoms with van der Waals surface area (Å²) in [6.45, 7) is 14.1. The molecule has 0 radical (unpaired) electrons. The van der Waals surface area contributed by atoms with Crippen LogP contribution in [0.25, 0.3) is 22.3 Å². The molecule has 41 nitrogen and oxygen atoms in total. The van der Waals surface area contributed by atoms with Crippen LogP contribution >= 0.6 is 88.2 Å². The summed E-state index contributed by atoms with van der Waals surface area (Å²) in [4.78, 5) is 201. The van der Waals surface area contributed by atoms with E-state index in [-0.39, 0.29) is 120 Å². The van der Waals surface area contributed by atoms with E-state index >= 15 is 0 Å². The zero-order valence-corrected chi connectivity index (χ0v) is 79.7. The number of phosphoric acid groups is 3. The number of nitrogen functional groups attached to an aromatic ring is 1. The maximum Gasteiger partial charge on any atom is 0.490 e. The minimum atomic E-state index is -5.79. The SMILES string of the molecule is CC#N.CC(=O)NC(CSSCCC(=O)NCC#Cc1cn(C2CC(O)C(COP(=O)(O)OP(=O)(O)OP(=O)(O)O)O2)c(=O)nc1N)C(=O)CCCCCCC(=O)NC(CC(=O)O)C(=O)O.CC(C)(C)SSCC(NC(=O)OCC1c2ccccc2-c2ccccc21)C(=O)O.CC(C)(C)SSCC(NC(=O)OCC1c2ccccc2-c2ccccc21)C(=O)ON1C(=O)CCC1=O. The molecular formula is C81H103N10O31P3S6. The number of amides is 7. The van der Waals surface area contributed by atoms with Crippen LogP contribution in [0.1, 0.15) is 172 Å². The molecule has 15 N–H and O–H groups in total. The first-order valence-corrected chi connectivity index (χ1v) is 51.7. The number of nitriles is 1. The smallest absolute Gasteiger partial charge is 0.481 e. The fraction of sp³-hybridized carbons (Fsp3) is 0.469. The molecule has 0 spiro atoms. The summed E-state index contributed by atoms with van der Waals surface area (Å²) in [6.07, 6.45) is -3.36. The van der Waals surface area contributed by atoms with E-state index in [1.165, 1.54) is 67.8 Å². The lowest BCUT2D eigenvalue weighted by molar-refractivity contribution is -0.198. The Hall–Kier alpha value is -9.32. The number of carboxylic acid groups (broad SMARTS) is 3. The molecule has 50 heteroatoms. The van der Waals surface area contributed by atoms with E-state index < -0.39 is 144 Å². The third-order valence-electron chi connectivity index (χ3n) is 18.1. The lowest BCUT2D eigenvalue weighted by atomic mass is 9.98. The van der Waals surface area contributed by atoms with Crippen LogP contribution in [0.2, 0.25) is 0 Å². The number of nitrogens with one attached hydrogen (secondary N) is 5. The number of carbonyl (C=O) groups is 12. The number of nitrogens with zero attached hydrogens (tertiary/aromatic N) is 4. The molecule has 3 heterocycles. The van der Waals surface area contributed by atoms with Gasteiger partial charge in [0.05, 0.1) is 43.4 Å². The van der Waals surface area contributed by atoms with Crippen LogP contribution in [0.3, 0.4) is 0 Å². The highest BCUT2D eigenvalue weighted by Gasteiger charge is 2.44. The van der Waals surface area contributed by atoms with Crippen molar-refractivity contribution in [2.24, 2.45) is 0 Å². The number of ether oxygens (including phenoxy) is 3. The van der Waals surface area contributed by atoms with Gasteiger partial charge < -0.3 is 91.4 Å². The molecular weight excluding hydrogens is 1890 g/mol. The summed E-state index contributed by atoms with van der Waals surface area (Å²) in [6, 6.07) is 29.5. The number of nitrogens with two attached hydrogens (primary N) is 1. The molecule has 4 aliphatic rings. The van der Waals surface area contributed by atoms with Crippen molar-refractivity contribution < 1.29 is 143 Å². The molecule has 0 bridgehead atoms. The van der Waals surface area contributed by atoms with Gasteiger partial charge in [-0.15, -0.1) is 5.06 Å². The second kappa shape index (κ2) is 52.9. The van der Waals surface area contributed by atoms with Crippen molar-refractivity contribution in [1.82, 2.24) is 41.2 Å². The average molecular weight is 2000 g/mol. The van der Waals surface area contributed by atoms with Gasteiger partial charge in [-0.25, -0.2) is 42.5 Å². The minimum Gasteiger partial charge on any atom is -0.481 e. The number of carboxylic acids is 3. The van der Waals surface area contributed by atoms with Crippen molar-refractivity contribution >= 4 is 165 Å². The van der Waals surface area contributed by atoms with E-state index in [1.54, 1.807) is 16.9 Å². The highest BCUT2D eigenvalue weighted by molar-refractivity contribution is 8.77. The normalized spacial score (nSPS) is 16.7. The highest BCUT2D eigenvalue weighted by atomic mass is 33.1. The van der Waals surface area contributed by atoms with Gasteiger partial charge in [0.15, 0.2) is 5.78 Å². The van der Waals surface area contributed by atoms with Gasteiger partial charge in [-0.3, -0.25) is 42.7 Å². The summed E-state index contributed by atoms with van der Waals surface area (Å²) in [5.74, 6) is -1.72. The molecule has 1 aromatic heterocycles. The molecule has 7 amide bonds. The molecule has 2 aliphatic heterocycles. The number of hydrogen-bond donors (Lipinski definition) is 14. The largest absolute Gasteiger partial charge is 0.490 e. The van der Waals surface area contributed by atoms with Gasteiger partial charge in [-0.1, -0.05) is 228 Å². The number of fused-ring (bicyclic) bond motifs is 6. The Labute approximate surface area is 777 Å². The van der Waals surface area contributed by atoms with Crippen LogP contribution in [-0.2, 0) is 93.8 Å². The van der Waals surface area contributed by atoms with E-state index in [1.807, 2.05) is 106 Å². The van der Waals surface area contributed by atoms with Gasteiger partial charge in [0.25, 0.3) is 11.8 Å². The molecule has 2 saturated heterocycles. The molecule has 131 heavy (non-hydrogen) atoms. The van der Waals surface area contributed by atoms with E-state index in [9.17, 15) is 96.0 Å². The third-order valence-corrected chi connectivity index (χ3v) is 31.0. The fourth-order valence-electron chi connectivity index (χ4n) is 12.5. The number of Topliss-reactive ketones (excluding diaryl/α,β-unsaturated/α-hetero) is 1. The fourth-order valence-corrected chi connectivity index (χ4v) is 22.6. The summed E-state index contributed by atoms with van der Waals surface area (Å²) >= 11 is 0. The maximum absolute atomic E-state index is 12.8. The monoisotopic (exact) mass is 2000 g/mol. The number of imide groups is 1. The van der Waals surface area contributed by atoms with E-state index in [0.29, 0.717) is 36.5 Å². The van der Waals surface area contributed by atoms with Crippen molar-refractivity contribution in [2.75, 3.05) is 55.1 Å². The number of aromatic nitrogens is 2. The second-order valence-electron chi connectivity index (χ2n) is 30.7. The summed E-state index contributed by atoms with van der Waals surface area (Å²) in [5, 5.41) is 57.8. The van der Waals surface area contributed by atoms with E-state index in [2.05, 4.69) is 89.5 Å². The number of phosphoric ester groups is 1. The van der Waals surface area contributed by atoms with E-state index in [0.717, 1.165) is 55.3 Å². The first-order valence-electron chi connectivity index (χ1n) is 40.1. The number of unbranched alkanes of at least 4 members (excludes halogenated alkanes) is 3. The summed E-state index contributed by atoms with van der Waals surface area (Å²) < 4.78 is 63.4. The highest BCUT2D eigenvalue weighted by Crippen LogP contribution is 2.66. The molecule has 2 fully saturated rings. The molecule has 714 valence electrons. The van der Waals surface area contributed by atoms with Gasteiger partial charge in [0.2, 0.25) is 17.7 Å². The molecule has 2 aliphatic carbocycles. The van der Waals surface area contributed by atoms with E-state index in [4.69, 9.17) is 50.0 Å². The number of benzene rings is 4. The van der Waals surface area contributed by atoms with Crippen LogP contribution in [0, 0.1) is 23.2 Å². The number of rotatable bonds is 43. The molecule has 9 unspecified atom stereocenters. The summed E-state index contributed by atoms with van der Waals surface area (Å²) in [7, 11) is -8.43. The Morgan fingerprint density at radius 3 is 1.56 bits per heavy atom. The predicted molar refractivity (Wildman–Crippen MR) is 489 cm³/mol. The third kappa shape index (κ3) is 38.7. The zero-order chi connectivity index (χ0) is 97.1. The Morgan fingerprint density at radius 2 is 1.08 bits per heavy atom. The van der Waals surface area contributed by atoms with Crippen LogP contribution < -0.4 is 38.0 Å². The first-order chi connectivity index (χ1) is 61.6. The summed E-state index contributed by atoms with van der Waals surface area (Å²) in [5.41, 5.74) is 13.8. The van der Waals surface area contributed by atoms with Gasteiger partial charge >= 0.3 is 65.2 Å². The standard InChI is InChI=1S/C31H47N6O21P3S2.C26H28N2O6S2.C22H25NO4S2.C2H3N/c1-18(38)34-21(22(39)8-4-2-3-5-9-26(42)35-20(30(45)46)13-28(43)44)17-63-62-12-10-25(41)33-11-6-7-19-15-37(31(47)36-29(19)32)27-14-23(40)24(56-27)16-55-60(51,52)58-61(53,54)57-59(48,49)50;1-26(2,3)36-35-15-21(24(31)34-28-22(29)12-13-23(28)30)27-25(32)33-14-20-18-10-6-4-8-16(18)17-9-5-7-11-19(17)20;1-22(2,3)29-28-13-19(20(24)25)23-21(26)27-12-18-16-10-6-4-8-14(16)15-9-5-7-11-17(15)18;1-2-3/h15,20-21,23-24,27,40H,2-5,8-14,16-17H2,1H3,(H,33,41)(H,34,38)(H,35,42)(H,43,44)(H,45,46)(H,51,52)(H,53,54)(H2,32,36,47)(H2,48,49,50);4-11,20-21H,12-15H2,1-3H3,(H,27,32);4-11,18-19H,12-13H2,1-3H3,(H,23,26)(H,24,25);1H3. The van der Waals surface area contributed by atoms with Crippen molar-refractivity contribution in [3.63, 3.8) is 0 Å². The van der Waals surface area contributed by atoms with Crippen molar-refractivity contribution in [3.8, 4) is 40.2 Å². The van der Waals surface area contributed by atoms with Crippen LogP contribution in [0.4, 0.5) is 15.4 Å². The van der Waals surface area contributed by atoms with Crippen LogP contribution in [-0.4, -0.2) is 221 Å². The van der Waals surface area contributed by atoms with Gasteiger partial charge in [0.1, 0.15) is 49.5 Å². The number of carbonyl (C=O) groups excluding carboxylic acids is 9. The number of aliphatic hydroxyl groups is 1. The Kier molecular flexibility index (Phi) is 44.6. The number of alkyl carbamates (subject to hydrolysis) is 2. The van der Waals surface area contributed by atoms with Crippen LogP contribution in [0.5, 0.6) is 0 Å². The maximum atomic E-state index is 12.8. The number of anilines is 1. The van der Waals surface area contributed by atoms with Crippen molar-refractivity contribution in [1.29, 1.82) is 5.26 Å². The minimum absolute atomic E-state index is 0.00872. The van der Waals surface area contributed by atoms with Gasteiger partial charge in [-0.2, -0.15) is 18.9 Å². The van der Waals surface area contributed by atoms with Crippen LogP contribution in [0.15, 0.2) is 108 Å². The van der Waals surface area contributed by atoms with Crippen molar-refractivity contribution in [3.05, 3.63) is 142 Å². The lowest BCUT2D eigenvalue weighted by Gasteiger charge is -2.22. The Balaban J connectivity index is 0.000000325. The Bertz CT molecular complexity index is 5110. The molecule has 9 atom stereocenters. The topological polar surface area (TPSA) is 631 Å². The number of hydrogen-bond acceptors (Lipinski definition) is 33. The molecule has 4 aromatic carbocycles. The van der Waals surface area contributed by atoms with Crippen molar-refractivity contribution in [2.45, 2.75) is 190 Å². The lowest BCUT2D eigenvalue weighted by Crippen LogP contribution is -2.47. The Morgan fingerprint density at radius 1 is 0.611 bits per heavy atom. The van der Waals surface area contributed by atoms with Gasteiger partial charge in [-0.05, 0) is 57.3 Å². The zero-order valence-electron chi connectivity index (χ0n) is 72.1. The molecule has 0 saturated carbocycles.